The Labute approximate surface area is 111 Å². The van der Waals surface area contributed by atoms with E-state index in [2.05, 4.69) is 21.0 Å². The Kier molecular flexibility index (Phi) is 5.18. The third-order valence-electron chi connectivity index (χ3n) is 2.63. The first-order valence-corrected chi connectivity index (χ1v) is 7.04. The maximum absolute atomic E-state index is 12.4. The van der Waals surface area contributed by atoms with Crippen molar-refractivity contribution in [3.05, 3.63) is 17.5 Å². The molecule has 0 aliphatic heterocycles. The molecule has 1 aromatic rings. The molecule has 0 aliphatic rings. The van der Waals surface area contributed by atoms with E-state index in [0.717, 1.165) is 17.6 Å². The van der Waals surface area contributed by atoms with Gasteiger partial charge in [-0.1, -0.05) is 15.9 Å². The number of rotatable bonds is 5. The second kappa shape index (κ2) is 6.19. The summed E-state index contributed by atoms with van der Waals surface area (Å²) in [7, 11) is 0. The van der Waals surface area contributed by atoms with Gasteiger partial charge in [-0.3, -0.25) is 9.48 Å². The Balaban J connectivity index is 3.00. The van der Waals surface area contributed by atoms with Crippen molar-refractivity contribution in [2.24, 2.45) is 0 Å². The maximum Gasteiger partial charge on any atom is 0.272 e. The number of nitrogens with zero attached hydrogens (tertiary/aromatic N) is 3. The lowest BCUT2D eigenvalue weighted by atomic mass is 10.2. The van der Waals surface area contributed by atoms with E-state index in [-0.39, 0.29) is 11.9 Å². The lowest BCUT2D eigenvalue weighted by Crippen LogP contribution is -2.39. The number of carbonyl (C=O) groups is 1. The number of aryl methyl sites for hydroxylation is 2. The van der Waals surface area contributed by atoms with E-state index in [1.54, 1.807) is 4.68 Å². The first-order chi connectivity index (χ1) is 8.01. The Morgan fingerprint density at radius 3 is 2.71 bits per heavy atom. The molecule has 0 saturated heterocycles. The number of hydrogen-bond acceptors (Lipinski definition) is 2. The molecule has 0 saturated carbocycles. The minimum absolute atomic E-state index is 0.0573. The van der Waals surface area contributed by atoms with Crippen LogP contribution in [-0.2, 0) is 6.54 Å². The molecular weight excluding hydrogens is 282 g/mol. The summed E-state index contributed by atoms with van der Waals surface area (Å²) in [5, 5.41) is 5.10. The van der Waals surface area contributed by atoms with Crippen LogP contribution in [-0.4, -0.2) is 38.5 Å². The van der Waals surface area contributed by atoms with Crippen molar-refractivity contribution in [2.75, 3.05) is 11.9 Å². The van der Waals surface area contributed by atoms with E-state index in [1.165, 1.54) is 0 Å². The van der Waals surface area contributed by atoms with Gasteiger partial charge in [-0.15, -0.1) is 0 Å². The van der Waals surface area contributed by atoms with E-state index in [9.17, 15) is 4.79 Å². The largest absolute Gasteiger partial charge is 0.334 e. The van der Waals surface area contributed by atoms with E-state index in [4.69, 9.17) is 0 Å². The highest BCUT2D eigenvalue weighted by Gasteiger charge is 2.21. The fraction of sp³-hybridized carbons (Fsp3) is 0.667. The van der Waals surface area contributed by atoms with Crippen LogP contribution in [0.2, 0.25) is 0 Å². The summed E-state index contributed by atoms with van der Waals surface area (Å²) in [4.78, 5) is 14.3. The summed E-state index contributed by atoms with van der Waals surface area (Å²) in [6.07, 6.45) is 0. The van der Waals surface area contributed by atoms with E-state index in [1.807, 2.05) is 38.7 Å². The molecule has 96 valence electrons. The van der Waals surface area contributed by atoms with Gasteiger partial charge in [0.15, 0.2) is 0 Å². The molecule has 0 unspecified atom stereocenters. The smallest absolute Gasteiger partial charge is 0.272 e. The highest BCUT2D eigenvalue weighted by molar-refractivity contribution is 9.09. The molecule has 1 heterocycles. The topological polar surface area (TPSA) is 38.1 Å². The summed E-state index contributed by atoms with van der Waals surface area (Å²) in [6.45, 7) is 9.39. The number of aromatic nitrogens is 2. The maximum atomic E-state index is 12.4. The zero-order valence-electron chi connectivity index (χ0n) is 10.9. The van der Waals surface area contributed by atoms with Crippen LogP contribution in [0.3, 0.4) is 0 Å². The van der Waals surface area contributed by atoms with Crippen molar-refractivity contribution in [3.8, 4) is 0 Å². The third kappa shape index (κ3) is 3.31. The van der Waals surface area contributed by atoms with Crippen molar-refractivity contribution >= 4 is 21.8 Å². The molecule has 1 amide bonds. The zero-order valence-corrected chi connectivity index (χ0v) is 12.5. The van der Waals surface area contributed by atoms with Crippen LogP contribution in [0.4, 0.5) is 0 Å². The SMILES string of the molecule is CCn1nc(C)cc1C(=O)N(CCBr)C(C)C. The summed E-state index contributed by atoms with van der Waals surface area (Å²) < 4.78 is 1.77. The number of carbonyl (C=O) groups excluding carboxylic acids is 1. The van der Waals surface area contributed by atoms with Gasteiger partial charge < -0.3 is 4.90 Å². The van der Waals surface area contributed by atoms with Gasteiger partial charge in [-0.2, -0.15) is 5.10 Å². The molecule has 5 heteroatoms. The van der Waals surface area contributed by atoms with Gasteiger partial charge >= 0.3 is 0 Å². The van der Waals surface area contributed by atoms with Gasteiger partial charge in [-0.05, 0) is 33.8 Å². The van der Waals surface area contributed by atoms with Crippen LogP contribution >= 0.6 is 15.9 Å². The van der Waals surface area contributed by atoms with E-state index in [0.29, 0.717) is 12.2 Å². The molecule has 0 fully saturated rings. The second-order valence-electron chi connectivity index (χ2n) is 4.27. The monoisotopic (exact) mass is 301 g/mol. The average molecular weight is 302 g/mol. The molecular formula is C12H20BrN3O. The number of halogens is 1. The molecule has 4 nitrogen and oxygen atoms in total. The number of hydrogen-bond donors (Lipinski definition) is 0. The standard InChI is InChI=1S/C12H20BrN3O/c1-5-16-11(8-10(4)14-16)12(17)15(7-6-13)9(2)3/h8-9H,5-7H2,1-4H3. The van der Waals surface area contributed by atoms with Crippen LogP contribution in [0.1, 0.15) is 37.0 Å². The van der Waals surface area contributed by atoms with Gasteiger partial charge in [0.2, 0.25) is 0 Å². The third-order valence-corrected chi connectivity index (χ3v) is 2.99. The van der Waals surface area contributed by atoms with E-state index >= 15 is 0 Å². The van der Waals surface area contributed by atoms with Gasteiger partial charge in [-0.25, -0.2) is 0 Å². The first kappa shape index (κ1) is 14.2. The first-order valence-electron chi connectivity index (χ1n) is 5.92. The number of amides is 1. The van der Waals surface area contributed by atoms with Crippen molar-refractivity contribution in [3.63, 3.8) is 0 Å². The van der Waals surface area contributed by atoms with Gasteiger partial charge in [0, 0.05) is 24.5 Å². The Bertz CT molecular complexity index is 387. The quantitative estimate of drug-likeness (QED) is 0.784. The minimum Gasteiger partial charge on any atom is -0.334 e. The minimum atomic E-state index is 0.0573. The second-order valence-corrected chi connectivity index (χ2v) is 5.06. The fourth-order valence-corrected chi connectivity index (χ4v) is 2.17. The van der Waals surface area contributed by atoms with Gasteiger partial charge in [0.1, 0.15) is 5.69 Å². The fourth-order valence-electron chi connectivity index (χ4n) is 1.79. The molecule has 0 spiro atoms. The molecule has 17 heavy (non-hydrogen) atoms. The Morgan fingerprint density at radius 2 is 2.24 bits per heavy atom. The van der Waals surface area contributed by atoms with Crippen LogP contribution in [0.25, 0.3) is 0 Å². The molecule has 0 N–H and O–H groups in total. The molecule has 0 atom stereocenters. The summed E-state index contributed by atoms with van der Waals surface area (Å²) in [5.74, 6) is 0.0573. The van der Waals surface area contributed by atoms with Crippen molar-refractivity contribution in [1.29, 1.82) is 0 Å². The molecule has 0 bridgehead atoms. The van der Waals surface area contributed by atoms with Crippen molar-refractivity contribution < 1.29 is 4.79 Å². The molecule has 1 aromatic heterocycles. The van der Waals surface area contributed by atoms with Gasteiger partial charge in [0.05, 0.1) is 5.69 Å². The van der Waals surface area contributed by atoms with Crippen LogP contribution < -0.4 is 0 Å². The molecule has 0 aliphatic carbocycles. The lowest BCUT2D eigenvalue weighted by molar-refractivity contribution is 0.0706. The predicted octanol–water partition coefficient (Wildman–Crippen LogP) is 2.46. The van der Waals surface area contributed by atoms with Crippen molar-refractivity contribution in [1.82, 2.24) is 14.7 Å². The highest BCUT2D eigenvalue weighted by Crippen LogP contribution is 2.11. The lowest BCUT2D eigenvalue weighted by Gasteiger charge is -2.26. The summed E-state index contributed by atoms with van der Waals surface area (Å²) in [6, 6.07) is 2.05. The predicted molar refractivity (Wildman–Crippen MR) is 72.6 cm³/mol. The Morgan fingerprint density at radius 1 is 1.59 bits per heavy atom. The average Bonchev–Trinajstić information content (AvgIpc) is 2.66. The molecule has 1 rings (SSSR count). The van der Waals surface area contributed by atoms with Crippen LogP contribution in [0.5, 0.6) is 0 Å². The summed E-state index contributed by atoms with van der Waals surface area (Å²) >= 11 is 3.38. The van der Waals surface area contributed by atoms with Crippen LogP contribution in [0.15, 0.2) is 6.07 Å². The highest BCUT2D eigenvalue weighted by atomic mass is 79.9. The molecule has 0 radical (unpaired) electrons. The number of alkyl halides is 1. The van der Waals surface area contributed by atoms with Crippen LogP contribution in [0, 0.1) is 6.92 Å². The summed E-state index contributed by atoms with van der Waals surface area (Å²) in [5.41, 5.74) is 1.57. The zero-order chi connectivity index (χ0) is 13.0. The molecule has 0 aromatic carbocycles. The van der Waals surface area contributed by atoms with Crippen molar-refractivity contribution in [2.45, 2.75) is 40.3 Å². The normalized spacial score (nSPS) is 10.9. The van der Waals surface area contributed by atoms with E-state index < -0.39 is 0 Å². The Hall–Kier alpha value is -0.840. The van der Waals surface area contributed by atoms with Gasteiger partial charge in [0.25, 0.3) is 5.91 Å².